The number of pyridine rings is 1. The van der Waals surface area contributed by atoms with Crippen LogP contribution in [-0.2, 0) is 20.0 Å². The van der Waals surface area contributed by atoms with E-state index >= 15 is 0 Å². The lowest BCUT2D eigenvalue weighted by Crippen LogP contribution is -2.38. The number of anilines is 1. The first-order valence-electron chi connectivity index (χ1n) is 10.9. The number of H-pyrrole nitrogens is 1. The van der Waals surface area contributed by atoms with Crippen LogP contribution >= 0.6 is 0 Å². The number of ether oxygens (including phenoxy) is 2. The minimum atomic E-state index is -0.452. The molecule has 10 nitrogen and oxygen atoms in total. The van der Waals surface area contributed by atoms with E-state index in [-0.39, 0.29) is 12.1 Å². The molecule has 35 heavy (non-hydrogen) atoms. The summed E-state index contributed by atoms with van der Waals surface area (Å²) in [5.41, 5.74) is 7.87. The molecule has 3 N–H and O–H groups in total. The van der Waals surface area contributed by atoms with Crippen LogP contribution in [0.5, 0.6) is 11.5 Å². The van der Waals surface area contributed by atoms with Crippen molar-refractivity contribution in [3.8, 4) is 11.5 Å². The van der Waals surface area contributed by atoms with Crippen molar-refractivity contribution in [2.24, 2.45) is 7.05 Å². The highest BCUT2D eigenvalue weighted by Gasteiger charge is 2.17. The normalized spacial score (nSPS) is 11.3. The second-order valence-electron chi connectivity index (χ2n) is 8.26. The van der Waals surface area contributed by atoms with Gasteiger partial charge in [0.1, 0.15) is 11.3 Å². The Morgan fingerprint density at radius 3 is 2.57 bits per heavy atom. The average Bonchev–Trinajstić information content (AvgIpc) is 3.28. The standard InChI is InChI=1S/C25H24N6O4/c1-30-24(32)22-23(31(25(30)33)13-14-5-4-6-17(26)7-14)29-21(28-22)9-16-12-27-11-15-8-19(34-2)20(35-3)10-18(15)16/h4-8,10-12H,9,13,26H2,1-3H3,(H,28,29). The molecule has 0 fully saturated rings. The van der Waals surface area contributed by atoms with E-state index in [9.17, 15) is 9.59 Å². The quantitative estimate of drug-likeness (QED) is 0.362. The van der Waals surface area contributed by atoms with Crippen molar-refractivity contribution in [1.82, 2.24) is 24.1 Å². The second-order valence-corrected chi connectivity index (χ2v) is 8.26. The van der Waals surface area contributed by atoms with Gasteiger partial charge in [0.2, 0.25) is 0 Å². The smallest absolute Gasteiger partial charge is 0.332 e. The molecule has 0 aliphatic heterocycles. The highest BCUT2D eigenvalue weighted by molar-refractivity contribution is 5.88. The van der Waals surface area contributed by atoms with E-state index in [1.54, 1.807) is 38.7 Å². The molecule has 0 unspecified atom stereocenters. The number of aromatic nitrogens is 5. The number of nitrogens with zero attached hydrogens (tertiary/aromatic N) is 4. The van der Waals surface area contributed by atoms with Crippen LogP contribution in [0.3, 0.4) is 0 Å². The molecule has 3 aromatic heterocycles. The predicted molar refractivity (Wildman–Crippen MR) is 133 cm³/mol. The Morgan fingerprint density at radius 2 is 1.83 bits per heavy atom. The lowest BCUT2D eigenvalue weighted by molar-refractivity contribution is 0.356. The molecule has 0 atom stereocenters. The van der Waals surface area contributed by atoms with Gasteiger partial charge in [0, 0.05) is 36.9 Å². The first-order valence-corrected chi connectivity index (χ1v) is 10.9. The average molecular weight is 473 g/mol. The maximum absolute atomic E-state index is 13.0. The summed E-state index contributed by atoms with van der Waals surface area (Å²) in [5, 5.41) is 1.80. The Balaban J connectivity index is 1.62. The van der Waals surface area contributed by atoms with Gasteiger partial charge >= 0.3 is 5.69 Å². The molecular weight excluding hydrogens is 448 g/mol. The monoisotopic (exact) mass is 472 g/mol. The van der Waals surface area contributed by atoms with Crippen LogP contribution in [0.4, 0.5) is 5.69 Å². The molecule has 0 spiro atoms. The third-order valence-electron chi connectivity index (χ3n) is 6.02. The zero-order valence-corrected chi connectivity index (χ0v) is 19.5. The van der Waals surface area contributed by atoms with Crippen LogP contribution in [0.25, 0.3) is 21.9 Å². The molecule has 178 valence electrons. The fourth-order valence-electron chi connectivity index (χ4n) is 4.26. The van der Waals surface area contributed by atoms with E-state index < -0.39 is 11.2 Å². The molecule has 0 aliphatic rings. The van der Waals surface area contributed by atoms with Crippen molar-refractivity contribution in [3.63, 3.8) is 0 Å². The number of methoxy groups -OCH3 is 2. The fraction of sp³-hybridized carbons (Fsp3) is 0.200. The van der Waals surface area contributed by atoms with Gasteiger partial charge in [-0.25, -0.2) is 9.78 Å². The van der Waals surface area contributed by atoms with E-state index in [0.717, 1.165) is 26.5 Å². The van der Waals surface area contributed by atoms with Crippen LogP contribution in [0, 0.1) is 0 Å². The van der Waals surface area contributed by atoms with Gasteiger partial charge in [-0.3, -0.25) is 18.9 Å². The van der Waals surface area contributed by atoms with Crippen LogP contribution in [0.2, 0.25) is 0 Å². The largest absolute Gasteiger partial charge is 0.493 e. The van der Waals surface area contributed by atoms with E-state index in [1.807, 2.05) is 24.3 Å². The molecule has 0 amide bonds. The maximum Gasteiger partial charge on any atom is 0.332 e. The number of fused-ring (bicyclic) bond motifs is 2. The maximum atomic E-state index is 13.0. The van der Waals surface area contributed by atoms with E-state index in [1.165, 1.54) is 11.6 Å². The van der Waals surface area contributed by atoms with Gasteiger partial charge in [-0.1, -0.05) is 12.1 Å². The fourth-order valence-corrected chi connectivity index (χ4v) is 4.26. The van der Waals surface area contributed by atoms with Gasteiger partial charge < -0.3 is 20.2 Å². The first kappa shape index (κ1) is 22.2. The molecule has 0 saturated carbocycles. The Bertz CT molecular complexity index is 1700. The Hall–Kier alpha value is -4.60. The zero-order valence-electron chi connectivity index (χ0n) is 19.5. The minimum Gasteiger partial charge on any atom is -0.493 e. The molecule has 0 aliphatic carbocycles. The summed E-state index contributed by atoms with van der Waals surface area (Å²) in [6.07, 6.45) is 3.86. The molecule has 5 rings (SSSR count). The van der Waals surface area contributed by atoms with Crippen LogP contribution in [0.15, 0.2) is 58.4 Å². The highest BCUT2D eigenvalue weighted by Crippen LogP contribution is 2.33. The van der Waals surface area contributed by atoms with Gasteiger partial charge in [0.15, 0.2) is 17.1 Å². The Kier molecular flexibility index (Phi) is 5.48. The summed E-state index contributed by atoms with van der Waals surface area (Å²) >= 11 is 0. The number of aromatic amines is 1. The molecular formula is C25H24N6O4. The van der Waals surface area contributed by atoms with E-state index in [2.05, 4.69) is 15.0 Å². The topological polar surface area (TPSA) is 130 Å². The van der Waals surface area contributed by atoms with Crippen LogP contribution in [0.1, 0.15) is 17.0 Å². The second kappa shape index (κ2) is 8.64. The SMILES string of the molecule is COc1cc2cncc(Cc3nc4c([nH]3)c(=O)n(C)c(=O)n4Cc3cccc(N)c3)c2cc1OC. The van der Waals surface area contributed by atoms with Crippen LogP contribution in [-0.4, -0.2) is 38.3 Å². The van der Waals surface area contributed by atoms with Gasteiger partial charge in [0.25, 0.3) is 5.56 Å². The van der Waals surface area contributed by atoms with Gasteiger partial charge in [-0.2, -0.15) is 0 Å². The van der Waals surface area contributed by atoms with Gasteiger partial charge in [0.05, 0.1) is 20.8 Å². The van der Waals surface area contributed by atoms with E-state index in [4.69, 9.17) is 15.2 Å². The third kappa shape index (κ3) is 3.88. The summed E-state index contributed by atoms with van der Waals surface area (Å²) in [5.74, 6) is 1.74. The molecule has 0 saturated heterocycles. The third-order valence-corrected chi connectivity index (χ3v) is 6.02. The van der Waals surface area contributed by atoms with Gasteiger partial charge in [-0.15, -0.1) is 0 Å². The molecule has 5 aromatic rings. The number of hydrogen-bond donors (Lipinski definition) is 2. The Morgan fingerprint density at radius 1 is 1.06 bits per heavy atom. The lowest BCUT2D eigenvalue weighted by Gasteiger charge is -2.11. The van der Waals surface area contributed by atoms with Crippen molar-refractivity contribution in [1.29, 1.82) is 0 Å². The number of hydrogen-bond acceptors (Lipinski definition) is 7. The number of rotatable bonds is 6. The number of imidazole rings is 1. The highest BCUT2D eigenvalue weighted by atomic mass is 16.5. The summed E-state index contributed by atoms with van der Waals surface area (Å²) in [4.78, 5) is 37.9. The lowest BCUT2D eigenvalue weighted by atomic mass is 10.0. The molecule has 0 bridgehead atoms. The molecule has 0 radical (unpaired) electrons. The summed E-state index contributed by atoms with van der Waals surface area (Å²) in [7, 11) is 4.62. The van der Waals surface area contributed by atoms with Crippen LogP contribution < -0.4 is 26.5 Å². The summed E-state index contributed by atoms with van der Waals surface area (Å²) < 4.78 is 13.4. The van der Waals surface area contributed by atoms with Gasteiger partial charge in [-0.05, 0) is 40.8 Å². The van der Waals surface area contributed by atoms with E-state index in [0.29, 0.717) is 35.1 Å². The number of benzene rings is 2. The van der Waals surface area contributed by atoms with Crippen molar-refractivity contribution in [2.45, 2.75) is 13.0 Å². The predicted octanol–water partition coefficient (Wildman–Crippen LogP) is 2.21. The molecule has 2 aromatic carbocycles. The summed E-state index contributed by atoms with van der Waals surface area (Å²) in [6, 6.07) is 11.0. The molecule has 10 heteroatoms. The van der Waals surface area contributed by atoms with Crippen molar-refractivity contribution in [3.05, 3.63) is 86.6 Å². The Labute approximate surface area is 199 Å². The summed E-state index contributed by atoms with van der Waals surface area (Å²) in [6.45, 7) is 0.228. The number of nitrogens with two attached hydrogens (primary N) is 1. The van der Waals surface area contributed by atoms with Crippen molar-refractivity contribution in [2.75, 3.05) is 20.0 Å². The number of nitrogen functional groups attached to an aromatic ring is 1. The first-order chi connectivity index (χ1) is 16.9. The minimum absolute atomic E-state index is 0.228. The number of nitrogens with one attached hydrogen (secondary N) is 1. The zero-order chi connectivity index (χ0) is 24.7. The van der Waals surface area contributed by atoms with Crippen molar-refractivity contribution >= 4 is 27.6 Å². The van der Waals surface area contributed by atoms with Crippen molar-refractivity contribution < 1.29 is 9.47 Å². The molecule has 3 heterocycles.